The summed E-state index contributed by atoms with van der Waals surface area (Å²) in [5.41, 5.74) is 2.26. The predicted octanol–water partition coefficient (Wildman–Crippen LogP) is 5.99. The standard InChI is InChI=1S/C33H27FN4O5/c1-19(36-31(39)28-29(24(41-2)17-18-35-28)42-33(40)22-11-7-4-8-12-22)30-37-32(43-38-30)27-25(20-9-5-3-6-10-20)26(27)21-13-15-23(34)16-14-21/h3-19,25-27H,1-2H3,(H,36,39)/t19-,25?,26?,27?/m0/s1. The monoisotopic (exact) mass is 578 g/mol. The maximum absolute atomic E-state index is 13.6. The Morgan fingerprint density at radius 3 is 2.21 bits per heavy atom. The Bertz CT molecular complexity index is 1740. The molecule has 2 heterocycles. The second-order valence-electron chi connectivity index (χ2n) is 10.2. The highest BCUT2D eigenvalue weighted by Gasteiger charge is 2.55. The first-order valence-corrected chi connectivity index (χ1v) is 13.7. The highest BCUT2D eigenvalue weighted by atomic mass is 19.1. The number of pyridine rings is 1. The Labute approximate surface area is 246 Å². The minimum Gasteiger partial charge on any atom is -0.493 e. The fourth-order valence-electron chi connectivity index (χ4n) is 5.27. The molecule has 1 saturated carbocycles. The maximum atomic E-state index is 13.6. The van der Waals surface area contributed by atoms with E-state index in [1.807, 2.05) is 30.3 Å². The molecule has 0 aliphatic heterocycles. The number of carbonyl (C=O) groups is 2. The molecule has 4 atom stereocenters. The zero-order valence-electron chi connectivity index (χ0n) is 23.3. The van der Waals surface area contributed by atoms with Gasteiger partial charge in [0.25, 0.3) is 5.91 Å². The summed E-state index contributed by atoms with van der Waals surface area (Å²) in [5, 5.41) is 6.95. The summed E-state index contributed by atoms with van der Waals surface area (Å²) in [5.74, 6) is -0.823. The fraction of sp³-hybridized carbons (Fsp3) is 0.182. The molecule has 1 N–H and O–H groups in total. The molecule has 0 saturated heterocycles. The Morgan fingerprint density at radius 2 is 1.53 bits per heavy atom. The number of methoxy groups -OCH3 is 1. The summed E-state index contributed by atoms with van der Waals surface area (Å²) in [6.45, 7) is 1.71. The third kappa shape index (κ3) is 5.72. The molecule has 6 rings (SSSR count). The van der Waals surface area contributed by atoms with Crippen LogP contribution in [0.3, 0.4) is 0 Å². The second-order valence-corrected chi connectivity index (χ2v) is 10.2. The van der Waals surface area contributed by atoms with Crippen LogP contribution < -0.4 is 14.8 Å². The van der Waals surface area contributed by atoms with E-state index in [9.17, 15) is 14.0 Å². The van der Waals surface area contributed by atoms with Gasteiger partial charge in [-0.2, -0.15) is 4.98 Å². The summed E-state index contributed by atoms with van der Waals surface area (Å²) in [4.78, 5) is 34.9. The highest BCUT2D eigenvalue weighted by Crippen LogP contribution is 2.65. The third-order valence-corrected chi connectivity index (χ3v) is 7.44. The number of nitrogens with one attached hydrogen (secondary N) is 1. The van der Waals surface area contributed by atoms with E-state index in [-0.39, 0.29) is 46.6 Å². The van der Waals surface area contributed by atoms with E-state index >= 15 is 0 Å². The summed E-state index contributed by atoms with van der Waals surface area (Å²) in [6, 6.07) is 25.7. The molecule has 3 aromatic carbocycles. The number of nitrogens with zero attached hydrogens (tertiary/aromatic N) is 3. The van der Waals surface area contributed by atoms with E-state index < -0.39 is 17.9 Å². The first kappa shape index (κ1) is 27.8. The van der Waals surface area contributed by atoms with Gasteiger partial charge in [0, 0.05) is 24.1 Å². The molecule has 43 heavy (non-hydrogen) atoms. The molecule has 1 amide bonds. The van der Waals surface area contributed by atoms with Crippen LogP contribution in [0.25, 0.3) is 0 Å². The average Bonchev–Trinajstić information content (AvgIpc) is 3.58. The van der Waals surface area contributed by atoms with Gasteiger partial charge < -0.3 is 19.3 Å². The van der Waals surface area contributed by atoms with E-state index in [0.717, 1.165) is 11.1 Å². The highest BCUT2D eigenvalue weighted by molar-refractivity contribution is 5.98. The van der Waals surface area contributed by atoms with Crippen molar-refractivity contribution in [2.45, 2.75) is 30.7 Å². The molecule has 1 aliphatic carbocycles. The molecule has 0 spiro atoms. The van der Waals surface area contributed by atoms with Crippen LogP contribution in [-0.2, 0) is 0 Å². The molecule has 0 radical (unpaired) electrons. The van der Waals surface area contributed by atoms with E-state index in [4.69, 9.17) is 14.0 Å². The van der Waals surface area contributed by atoms with Crippen LogP contribution in [0.1, 0.15) is 74.4 Å². The molecule has 2 aromatic heterocycles. The van der Waals surface area contributed by atoms with Gasteiger partial charge in [-0.1, -0.05) is 65.8 Å². The predicted molar refractivity (Wildman–Crippen MR) is 153 cm³/mol. The van der Waals surface area contributed by atoms with E-state index in [1.165, 1.54) is 31.5 Å². The zero-order valence-corrected chi connectivity index (χ0v) is 23.3. The summed E-state index contributed by atoms with van der Waals surface area (Å²) < 4.78 is 30.2. The molecular formula is C33H27FN4O5. The minimum absolute atomic E-state index is 0.0315. The molecule has 0 bridgehead atoms. The van der Waals surface area contributed by atoms with Crippen LogP contribution in [0.2, 0.25) is 0 Å². The average molecular weight is 579 g/mol. The Hall–Kier alpha value is -5.38. The van der Waals surface area contributed by atoms with Gasteiger partial charge in [0.2, 0.25) is 11.6 Å². The van der Waals surface area contributed by atoms with Crippen LogP contribution in [0.4, 0.5) is 4.39 Å². The fourth-order valence-corrected chi connectivity index (χ4v) is 5.27. The minimum atomic E-state index is -0.672. The lowest BCUT2D eigenvalue weighted by Crippen LogP contribution is -2.29. The van der Waals surface area contributed by atoms with Gasteiger partial charge in [0.05, 0.1) is 24.6 Å². The van der Waals surface area contributed by atoms with Crippen molar-refractivity contribution in [3.63, 3.8) is 0 Å². The number of halogens is 1. The van der Waals surface area contributed by atoms with Crippen molar-refractivity contribution in [1.82, 2.24) is 20.4 Å². The topological polar surface area (TPSA) is 116 Å². The number of carbonyl (C=O) groups excluding carboxylic acids is 2. The lowest BCUT2D eigenvalue weighted by molar-refractivity contribution is 0.0725. The lowest BCUT2D eigenvalue weighted by atomic mass is 10.0. The Balaban J connectivity index is 1.21. The van der Waals surface area contributed by atoms with Crippen LogP contribution in [0.5, 0.6) is 11.5 Å². The number of rotatable bonds is 9. The van der Waals surface area contributed by atoms with E-state index in [2.05, 4.69) is 20.4 Å². The number of hydrogen-bond donors (Lipinski definition) is 1. The number of benzene rings is 3. The first-order valence-electron chi connectivity index (χ1n) is 13.7. The smallest absolute Gasteiger partial charge is 0.343 e. The van der Waals surface area contributed by atoms with Gasteiger partial charge >= 0.3 is 5.97 Å². The van der Waals surface area contributed by atoms with Gasteiger partial charge in [0.15, 0.2) is 17.3 Å². The van der Waals surface area contributed by atoms with Crippen LogP contribution in [0.15, 0.2) is 102 Å². The van der Waals surface area contributed by atoms with Crippen molar-refractivity contribution < 1.29 is 28.0 Å². The van der Waals surface area contributed by atoms with Crippen molar-refractivity contribution >= 4 is 11.9 Å². The molecule has 9 nitrogen and oxygen atoms in total. The first-order chi connectivity index (χ1) is 20.9. The van der Waals surface area contributed by atoms with Crippen molar-refractivity contribution in [1.29, 1.82) is 0 Å². The number of hydrogen-bond acceptors (Lipinski definition) is 8. The lowest BCUT2D eigenvalue weighted by Gasteiger charge is -2.14. The summed E-state index contributed by atoms with van der Waals surface area (Å²) in [7, 11) is 1.40. The largest absolute Gasteiger partial charge is 0.493 e. The van der Waals surface area contributed by atoms with Gasteiger partial charge in [-0.15, -0.1) is 0 Å². The molecule has 1 aliphatic rings. The van der Waals surface area contributed by atoms with Crippen molar-refractivity contribution in [2.75, 3.05) is 7.11 Å². The molecule has 3 unspecified atom stereocenters. The van der Waals surface area contributed by atoms with Crippen molar-refractivity contribution in [3.05, 3.63) is 137 Å². The van der Waals surface area contributed by atoms with Crippen LogP contribution in [-0.4, -0.2) is 34.1 Å². The molecule has 216 valence electrons. The Kier molecular flexibility index (Phi) is 7.65. The second kappa shape index (κ2) is 11.8. The van der Waals surface area contributed by atoms with Crippen LogP contribution in [0, 0.1) is 5.82 Å². The summed E-state index contributed by atoms with van der Waals surface area (Å²) in [6.07, 6.45) is 1.39. The SMILES string of the molecule is COc1ccnc(C(=O)N[C@@H](C)c2noc(C3C(c4ccccc4)C3c3ccc(F)cc3)n2)c1OC(=O)c1ccccc1. The van der Waals surface area contributed by atoms with Gasteiger partial charge in [-0.05, 0) is 42.3 Å². The van der Waals surface area contributed by atoms with Gasteiger partial charge in [-0.25, -0.2) is 14.2 Å². The number of amides is 1. The van der Waals surface area contributed by atoms with Crippen LogP contribution >= 0.6 is 0 Å². The number of ether oxygens (including phenoxy) is 2. The molecular weight excluding hydrogens is 551 g/mol. The molecule has 5 aromatic rings. The summed E-state index contributed by atoms with van der Waals surface area (Å²) >= 11 is 0. The number of esters is 1. The number of aromatic nitrogens is 3. The Morgan fingerprint density at radius 1 is 0.884 bits per heavy atom. The molecule has 1 fully saturated rings. The third-order valence-electron chi connectivity index (χ3n) is 7.44. The van der Waals surface area contributed by atoms with Gasteiger partial charge in [0.1, 0.15) is 5.82 Å². The van der Waals surface area contributed by atoms with E-state index in [0.29, 0.717) is 11.5 Å². The molecule has 10 heteroatoms. The normalized spacial score (nSPS) is 18.0. The van der Waals surface area contributed by atoms with Gasteiger partial charge in [-0.3, -0.25) is 4.79 Å². The van der Waals surface area contributed by atoms with E-state index in [1.54, 1.807) is 49.4 Å². The quantitative estimate of drug-likeness (QED) is 0.212. The van der Waals surface area contributed by atoms with Crippen molar-refractivity contribution in [2.24, 2.45) is 0 Å². The maximum Gasteiger partial charge on any atom is 0.343 e. The zero-order chi connectivity index (χ0) is 29.9. The van der Waals surface area contributed by atoms with Crippen molar-refractivity contribution in [3.8, 4) is 11.5 Å².